The molecule has 2 amide bonds. The van der Waals surface area contributed by atoms with E-state index in [2.05, 4.69) is 15.8 Å². The van der Waals surface area contributed by atoms with Crippen LogP contribution in [0.1, 0.15) is 12.5 Å². The summed E-state index contributed by atoms with van der Waals surface area (Å²) in [4.78, 5) is 33.6. The van der Waals surface area contributed by atoms with Gasteiger partial charge in [-0.25, -0.2) is 5.43 Å². The van der Waals surface area contributed by atoms with Gasteiger partial charge in [0.2, 0.25) is 0 Å². The minimum atomic E-state index is -0.948. The minimum absolute atomic E-state index is 0.0528. The van der Waals surface area contributed by atoms with Gasteiger partial charge in [0.25, 0.3) is 5.69 Å². The topological polar surface area (TPSA) is 114 Å². The zero-order valence-electron chi connectivity index (χ0n) is 13.0. The van der Waals surface area contributed by atoms with E-state index in [1.807, 2.05) is 0 Å². The van der Waals surface area contributed by atoms with Gasteiger partial charge in [0.15, 0.2) is 0 Å². The lowest BCUT2D eigenvalue weighted by Crippen LogP contribution is -2.32. The second-order valence-electron chi connectivity index (χ2n) is 4.90. The van der Waals surface area contributed by atoms with E-state index in [9.17, 15) is 19.7 Å². The van der Waals surface area contributed by atoms with Gasteiger partial charge in [-0.1, -0.05) is 11.6 Å². The predicted molar refractivity (Wildman–Crippen MR) is 93.5 cm³/mol. The molecule has 0 radical (unpaired) electrons. The van der Waals surface area contributed by atoms with Crippen LogP contribution < -0.4 is 10.7 Å². The molecule has 0 aliphatic carbocycles. The molecular formula is C16H13ClN4O4. The molecule has 0 saturated carbocycles. The van der Waals surface area contributed by atoms with E-state index in [0.717, 1.165) is 0 Å². The van der Waals surface area contributed by atoms with Gasteiger partial charge in [0.05, 0.1) is 10.6 Å². The quantitative estimate of drug-likeness (QED) is 0.377. The molecule has 0 unspecified atom stereocenters. The number of nitrogens with zero attached hydrogens (tertiary/aromatic N) is 2. The Morgan fingerprint density at radius 2 is 1.64 bits per heavy atom. The van der Waals surface area contributed by atoms with Crippen LogP contribution in [0.25, 0.3) is 0 Å². The molecule has 0 heterocycles. The summed E-state index contributed by atoms with van der Waals surface area (Å²) >= 11 is 5.73. The van der Waals surface area contributed by atoms with Crippen LogP contribution in [0.5, 0.6) is 0 Å². The Bertz CT molecular complexity index is 832. The minimum Gasteiger partial charge on any atom is -0.318 e. The molecule has 2 rings (SSSR count). The molecular weight excluding hydrogens is 348 g/mol. The Morgan fingerprint density at radius 1 is 1.04 bits per heavy atom. The summed E-state index contributed by atoms with van der Waals surface area (Å²) in [7, 11) is 0. The number of carbonyl (C=O) groups excluding carboxylic acids is 2. The van der Waals surface area contributed by atoms with Crippen molar-refractivity contribution in [3.8, 4) is 0 Å². The fourth-order valence-electron chi connectivity index (χ4n) is 1.80. The average molecular weight is 361 g/mol. The van der Waals surface area contributed by atoms with E-state index in [0.29, 0.717) is 22.0 Å². The number of hydrazone groups is 1. The molecule has 0 aromatic heterocycles. The lowest BCUT2D eigenvalue weighted by Gasteiger charge is -2.05. The predicted octanol–water partition coefficient (Wildman–Crippen LogP) is 2.73. The van der Waals surface area contributed by atoms with Gasteiger partial charge in [-0.05, 0) is 48.9 Å². The molecule has 0 spiro atoms. The molecule has 2 aromatic rings. The summed E-state index contributed by atoms with van der Waals surface area (Å²) in [5, 5.41) is 17.3. The van der Waals surface area contributed by atoms with Crippen LogP contribution in [0.4, 0.5) is 11.4 Å². The highest BCUT2D eigenvalue weighted by Crippen LogP contribution is 2.13. The maximum Gasteiger partial charge on any atom is 0.329 e. The summed E-state index contributed by atoms with van der Waals surface area (Å²) in [6, 6.07) is 11.9. The molecule has 128 valence electrons. The normalized spacial score (nSPS) is 10.9. The monoisotopic (exact) mass is 360 g/mol. The van der Waals surface area contributed by atoms with Crippen LogP contribution in [0, 0.1) is 10.1 Å². The number of hydrogen-bond donors (Lipinski definition) is 2. The third-order valence-electron chi connectivity index (χ3n) is 3.13. The lowest BCUT2D eigenvalue weighted by atomic mass is 10.1. The van der Waals surface area contributed by atoms with E-state index >= 15 is 0 Å². The van der Waals surface area contributed by atoms with Crippen molar-refractivity contribution < 1.29 is 14.5 Å². The van der Waals surface area contributed by atoms with Gasteiger partial charge in [0.1, 0.15) is 0 Å². The molecule has 0 aliphatic heterocycles. The van der Waals surface area contributed by atoms with E-state index in [1.165, 1.54) is 24.3 Å². The van der Waals surface area contributed by atoms with Gasteiger partial charge < -0.3 is 5.32 Å². The van der Waals surface area contributed by atoms with Crippen LogP contribution in [0.2, 0.25) is 5.02 Å². The molecule has 0 bridgehead atoms. The Labute approximate surface area is 147 Å². The SMILES string of the molecule is CC(=NNC(=O)C(=O)Nc1ccc(Cl)cc1)c1ccc([N+](=O)[O-])cc1. The van der Waals surface area contributed by atoms with E-state index in [4.69, 9.17) is 11.6 Å². The van der Waals surface area contributed by atoms with Crippen LogP contribution in [0.3, 0.4) is 0 Å². The largest absolute Gasteiger partial charge is 0.329 e. The van der Waals surface area contributed by atoms with Gasteiger partial charge >= 0.3 is 11.8 Å². The highest BCUT2D eigenvalue weighted by Gasteiger charge is 2.13. The molecule has 9 heteroatoms. The second-order valence-corrected chi connectivity index (χ2v) is 5.34. The summed E-state index contributed by atoms with van der Waals surface area (Å²) in [5.41, 5.74) is 3.46. The van der Waals surface area contributed by atoms with Crippen molar-refractivity contribution in [3.63, 3.8) is 0 Å². The molecule has 25 heavy (non-hydrogen) atoms. The van der Waals surface area contributed by atoms with Crippen molar-refractivity contribution in [3.05, 3.63) is 69.2 Å². The Morgan fingerprint density at radius 3 is 2.20 bits per heavy atom. The first-order chi connectivity index (χ1) is 11.9. The number of nitro groups is 1. The van der Waals surface area contributed by atoms with E-state index in [-0.39, 0.29) is 5.69 Å². The van der Waals surface area contributed by atoms with Crippen LogP contribution in [-0.2, 0) is 9.59 Å². The lowest BCUT2D eigenvalue weighted by molar-refractivity contribution is -0.384. The van der Waals surface area contributed by atoms with Gasteiger partial charge in [-0.2, -0.15) is 5.10 Å². The number of halogens is 1. The number of hydrogen-bond acceptors (Lipinski definition) is 5. The highest BCUT2D eigenvalue weighted by molar-refractivity contribution is 6.39. The molecule has 0 atom stereocenters. The zero-order valence-corrected chi connectivity index (χ0v) is 13.8. The van der Waals surface area contributed by atoms with Crippen molar-refractivity contribution in [1.29, 1.82) is 0 Å². The Kier molecular flexibility index (Phi) is 5.80. The Hall–Kier alpha value is -3.26. The second kappa shape index (κ2) is 8.02. The first-order valence-corrected chi connectivity index (χ1v) is 7.40. The summed E-state index contributed by atoms with van der Waals surface area (Å²) in [6.45, 7) is 1.60. The van der Waals surface area contributed by atoms with Crippen molar-refractivity contribution in [2.45, 2.75) is 6.92 Å². The van der Waals surface area contributed by atoms with Crippen LogP contribution in [-0.4, -0.2) is 22.4 Å². The Balaban J connectivity index is 1.96. The standard InChI is InChI=1S/C16H13ClN4O4/c1-10(11-2-8-14(9-3-11)21(24)25)19-20-16(23)15(22)18-13-6-4-12(17)5-7-13/h2-9H,1H3,(H,18,22)(H,20,23). The molecule has 8 nitrogen and oxygen atoms in total. The summed E-state index contributed by atoms with van der Waals surface area (Å²) < 4.78 is 0. The van der Waals surface area contributed by atoms with E-state index < -0.39 is 16.7 Å². The third kappa shape index (κ3) is 5.11. The van der Waals surface area contributed by atoms with Crippen LogP contribution in [0.15, 0.2) is 53.6 Å². The van der Waals surface area contributed by atoms with Gasteiger partial charge in [-0.15, -0.1) is 0 Å². The third-order valence-corrected chi connectivity index (χ3v) is 3.38. The summed E-state index contributed by atoms with van der Waals surface area (Å²) in [5.74, 6) is -1.83. The number of nitrogens with one attached hydrogen (secondary N) is 2. The average Bonchev–Trinajstić information content (AvgIpc) is 2.61. The van der Waals surface area contributed by atoms with Gasteiger partial charge in [0, 0.05) is 22.8 Å². The number of rotatable bonds is 4. The van der Waals surface area contributed by atoms with Crippen molar-refractivity contribution in [1.82, 2.24) is 5.43 Å². The highest BCUT2D eigenvalue weighted by atomic mass is 35.5. The van der Waals surface area contributed by atoms with E-state index in [1.54, 1.807) is 31.2 Å². The van der Waals surface area contributed by atoms with Gasteiger partial charge in [-0.3, -0.25) is 19.7 Å². The molecule has 0 fully saturated rings. The number of anilines is 1. The maximum atomic E-state index is 11.8. The number of amides is 2. The summed E-state index contributed by atoms with van der Waals surface area (Å²) in [6.07, 6.45) is 0. The van der Waals surface area contributed by atoms with Crippen molar-refractivity contribution in [2.75, 3.05) is 5.32 Å². The smallest absolute Gasteiger partial charge is 0.318 e. The van der Waals surface area contributed by atoms with Crippen molar-refractivity contribution in [2.24, 2.45) is 5.10 Å². The molecule has 0 saturated heterocycles. The number of nitro benzene ring substituents is 1. The number of non-ortho nitro benzene ring substituents is 1. The fraction of sp³-hybridized carbons (Fsp3) is 0.0625. The molecule has 0 aliphatic rings. The molecule has 2 aromatic carbocycles. The van der Waals surface area contributed by atoms with Crippen molar-refractivity contribution >= 4 is 40.5 Å². The number of benzene rings is 2. The maximum absolute atomic E-state index is 11.8. The fourth-order valence-corrected chi connectivity index (χ4v) is 1.92. The first kappa shape index (κ1) is 18.1. The zero-order chi connectivity index (χ0) is 18.4. The number of carbonyl (C=O) groups is 2. The molecule has 2 N–H and O–H groups in total. The van der Waals surface area contributed by atoms with Crippen LogP contribution >= 0.6 is 11.6 Å². The first-order valence-electron chi connectivity index (χ1n) is 7.03.